The molecular weight excluding hydrogens is 320 g/mol. The van der Waals surface area contributed by atoms with Gasteiger partial charge in [0.05, 0.1) is 13.2 Å². The third-order valence-corrected chi connectivity index (χ3v) is 3.92. The standard InChI is InChI=1S/C15H23BrN2O2/c1-2-17-11-14-12-19-8-6-18(14)7-9-20-15-5-3-4-13(16)10-15/h3-5,10,14,17H,2,6-9,11-12H2,1H3. The number of hydrogen-bond donors (Lipinski definition) is 1. The highest BCUT2D eigenvalue weighted by Gasteiger charge is 2.22. The second-order valence-electron chi connectivity index (χ2n) is 4.88. The molecular formula is C15H23BrN2O2. The molecule has 1 aromatic carbocycles. The van der Waals surface area contributed by atoms with Crippen molar-refractivity contribution >= 4 is 15.9 Å². The molecule has 1 saturated heterocycles. The fourth-order valence-corrected chi connectivity index (χ4v) is 2.70. The van der Waals surface area contributed by atoms with Crippen molar-refractivity contribution < 1.29 is 9.47 Å². The van der Waals surface area contributed by atoms with E-state index in [1.165, 1.54) is 0 Å². The van der Waals surface area contributed by atoms with E-state index in [1.54, 1.807) is 0 Å². The van der Waals surface area contributed by atoms with E-state index >= 15 is 0 Å². The van der Waals surface area contributed by atoms with E-state index in [0.29, 0.717) is 12.6 Å². The van der Waals surface area contributed by atoms with Crippen LogP contribution in [0.5, 0.6) is 5.75 Å². The van der Waals surface area contributed by atoms with Crippen LogP contribution in [0.2, 0.25) is 0 Å². The molecule has 1 N–H and O–H groups in total. The van der Waals surface area contributed by atoms with Crippen LogP contribution in [0.3, 0.4) is 0 Å². The summed E-state index contributed by atoms with van der Waals surface area (Å²) in [5.41, 5.74) is 0. The molecule has 0 aliphatic carbocycles. The Hall–Kier alpha value is -0.620. The van der Waals surface area contributed by atoms with Gasteiger partial charge in [0.15, 0.2) is 0 Å². The molecule has 0 bridgehead atoms. The van der Waals surface area contributed by atoms with Gasteiger partial charge >= 0.3 is 0 Å². The zero-order valence-electron chi connectivity index (χ0n) is 12.0. The second-order valence-corrected chi connectivity index (χ2v) is 5.79. The second kappa shape index (κ2) is 8.62. The lowest BCUT2D eigenvalue weighted by Gasteiger charge is -2.35. The van der Waals surface area contributed by atoms with Crippen molar-refractivity contribution in [2.75, 3.05) is 46.0 Å². The number of nitrogens with zero attached hydrogens (tertiary/aromatic N) is 1. The molecule has 2 rings (SSSR count). The Morgan fingerprint density at radius 1 is 1.50 bits per heavy atom. The average Bonchev–Trinajstić information content (AvgIpc) is 2.46. The summed E-state index contributed by atoms with van der Waals surface area (Å²) in [6, 6.07) is 8.42. The van der Waals surface area contributed by atoms with Gasteiger partial charge in [-0.3, -0.25) is 4.90 Å². The Labute approximate surface area is 129 Å². The van der Waals surface area contributed by atoms with Crippen molar-refractivity contribution in [1.29, 1.82) is 0 Å². The Kier molecular flexibility index (Phi) is 6.79. The molecule has 1 aliphatic rings. The van der Waals surface area contributed by atoms with Gasteiger partial charge in [-0.2, -0.15) is 0 Å². The minimum Gasteiger partial charge on any atom is -0.492 e. The maximum atomic E-state index is 5.81. The first-order valence-corrected chi connectivity index (χ1v) is 7.99. The summed E-state index contributed by atoms with van der Waals surface area (Å²) in [7, 11) is 0. The Bertz CT molecular complexity index is 403. The SMILES string of the molecule is CCNCC1COCCN1CCOc1cccc(Br)c1. The number of morpholine rings is 1. The number of benzene rings is 1. The number of hydrogen-bond acceptors (Lipinski definition) is 4. The van der Waals surface area contributed by atoms with Gasteiger partial charge in [-0.05, 0) is 24.7 Å². The zero-order valence-corrected chi connectivity index (χ0v) is 13.6. The molecule has 4 nitrogen and oxygen atoms in total. The first kappa shape index (κ1) is 15.8. The number of nitrogens with one attached hydrogen (secondary N) is 1. The fourth-order valence-electron chi connectivity index (χ4n) is 2.32. The van der Waals surface area contributed by atoms with Gasteiger partial charge < -0.3 is 14.8 Å². The molecule has 1 unspecified atom stereocenters. The van der Waals surface area contributed by atoms with Gasteiger partial charge in [-0.25, -0.2) is 0 Å². The molecule has 1 fully saturated rings. The van der Waals surface area contributed by atoms with E-state index in [-0.39, 0.29) is 0 Å². The molecule has 0 aromatic heterocycles. The van der Waals surface area contributed by atoms with Gasteiger partial charge in [0.1, 0.15) is 12.4 Å². The molecule has 0 saturated carbocycles. The Morgan fingerprint density at radius 3 is 3.20 bits per heavy atom. The quantitative estimate of drug-likeness (QED) is 0.823. The maximum absolute atomic E-state index is 5.81. The maximum Gasteiger partial charge on any atom is 0.120 e. The van der Waals surface area contributed by atoms with Gasteiger partial charge in [0, 0.05) is 30.1 Å². The van der Waals surface area contributed by atoms with E-state index in [0.717, 1.165) is 49.6 Å². The van der Waals surface area contributed by atoms with Crippen LogP contribution in [0.1, 0.15) is 6.92 Å². The van der Waals surface area contributed by atoms with Gasteiger partial charge in [-0.1, -0.05) is 28.9 Å². The van der Waals surface area contributed by atoms with Crippen LogP contribution in [0.25, 0.3) is 0 Å². The smallest absolute Gasteiger partial charge is 0.120 e. The highest BCUT2D eigenvalue weighted by Crippen LogP contribution is 2.17. The molecule has 112 valence electrons. The Balaban J connectivity index is 1.76. The average molecular weight is 343 g/mol. The van der Waals surface area contributed by atoms with Crippen LogP contribution in [-0.2, 0) is 4.74 Å². The summed E-state index contributed by atoms with van der Waals surface area (Å²) in [5.74, 6) is 0.913. The van der Waals surface area contributed by atoms with Gasteiger partial charge in [0.2, 0.25) is 0 Å². The van der Waals surface area contributed by atoms with Crippen LogP contribution in [0.4, 0.5) is 0 Å². The summed E-state index contributed by atoms with van der Waals surface area (Å²) >= 11 is 3.45. The lowest BCUT2D eigenvalue weighted by Crippen LogP contribution is -2.51. The van der Waals surface area contributed by atoms with Gasteiger partial charge in [-0.15, -0.1) is 0 Å². The van der Waals surface area contributed by atoms with Crippen LogP contribution in [0.15, 0.2) is 28.7 Å². The van der Waals surface area contributed by atoms with Crippen LogP contribution < -0.4 is 10.1 Å². The lowest BCUT2D eigenvalue weighted by atomic mass is 10.2. The van der Waals surface area contributed by atoms with Crippen molar-refractivity contribution in [3.05, 3.63) is 28.7 Å². The third kappa shape index (κ3) is 5.05. The zero-order chi connectivity index (χ0) is 14.2. The highest BCUT2D eigenvalue weighted by molar-refractivity contribution is 9.10. The molecule has 1 atom stereocenters. The van der Waals surface area contributed by atoms with E-state index in [1.807, 2.05) is 24.3 Å². The largest absolute Gasteiger partial charge is 0.492 e. The van der Waals surface area contributed by atoms with Crippen molar-refractivity contribution in [3.63, 3.8) is 0 Å². The van der Waals surface area contributed by atoms with Gasteiger partial charge in [0.25, 0.3) is 0 Å². The molecule has 1 aliphatic heterocycles. The van der Waals surface area contributed by atoms with Crippen LogP contribution >= 0.6 is 15.9 Å². The first-order valence-electron chi connectivity index (χ1n) is 7.20. The van der Waals surface area contributed by atoms with Crippen molar-refractivity contribution in [1.82, 2.24) is 10.2 Å². The summed E-state index contributed by atoms with van der Waals surface area (Å²) < 4.78 is 12.4. The van der Waals surface area contributed by atoms with E-state index in [9.17, 15) is 0 Å². The van der Waals surface area contributed by atoms with Crippen molar-refractivity contribution in [3.8, 4) is 5.75 Å². The molecule has 0 radical (unpaired) electrons. The van der Waals surface area contributed by atoms with E-state index in [2.05, 4.69) is 33.1 Å². The number of likely N-dealkylation sites (N-methyl/N-ethyl adjacent to an activating group) is 1. The molecule has 5 heteroatoms. The molecule has 1 heterocycles. The summed E-state index contributed by atoms with van der Waals surface area (Å²) in [4.78, 5) is 2.45. The minimum absolute atomic E-state index is 0.454. The van der Waals surface area contributed by atoms with Crippen molar-refractivity contribution in [2.45, 2.75) is 13.0 Å². The highest BCUT2D eigenvalue weighted by atomic mass is 79.9. The predicted molar refractivity (Wildman–Crippen MR) is 84.4 cm³/mol. The van der Waals surface area contributed by atoms with Crippen LogP contribution in [-0.4, -0.2) is 56.9 Å². The molecule has 0 spiro atoms. The molecule has 0 amide bonds. The fraction of sp³-hybridized carbons (Fsp3) is 0.600. The minimum atomic E-state index is 0.454. The van der Waals surface area contributed by atoms with E-state index < -0.39 is 0 Å². The van der Waals surface area contributed by atoms with Crippen LogP contribution in [0, 0.1) is 0 Å². The number of halogens is 1. The number of ether oxygens (including phenoxy) is 2. The summed E-state index contributed by atoms with van der Waals surface area (Å²) in [6.45, 7) is 8.36. The number of rotatable bonds is 7. The van der Waals surface area contributed by atoms with E-state index in [4.69, 9.17) is 9.47 Å². The Morgan fingerprint density at radius 2 is 2.40 bits per heavy atom. The van der Waals surface area contributed by atoms with Crippen molar-refractivity contribution in [2.24, 2.45) is 0 Å². The lowest BCUT2D eigenvalue weighted by molar-refractivity contribution is -0.0113. The third-order valence-electron chi connectivity index (χ3n) is 3.42. The monoisotopic (exact) mass is 342 g/mol. The molecule has 20 heavy (non-hydrogen) atoms. The summed E-state index contributed by atoms with van der Waals surface area (Å²) in [6.07, 6.45) is 0. The molecule has 1 aromatic rings. The summed E-state index contributed by atoms with van der Waals surface area (Å²) in [5, 5.41) is 3.39. The topological polar surface area (TPSA) is 33.7 Å². The normalized spacial score (nSPS) is 20.0. The predicted octanol–water partition coefficient (Wildman–Crippen LogP) is 2.14. The first-order chi connectivity index (χ1) is 9.79.